The van der Waals surface area contributed by atoms with E-state index < -0.39 is 17.0 Å². The van der Waals surface area contributed by atoms with Crippen molar-refractivity contribution in [2.75, 3.05) is 0 Å². The molecule has 0 aliphatic rings. The van der Waals surface area contributed by atoms with Crippen LogP contribution in [-0.2, 0) is 17.0 Å². The zero-order valence-electron chi connectivity index (χ0n) is 8.08. The second-order valence-corrected chi connectivity index (χ2v) is 2.65. The molecule has 0 N–H and O–H groups in total. The Balaban J connectivity index is -0.0000000139. The maximum absolute atomic E-state index is 4.89. The van der Waals surface area contributed by atoms with Crippen molar-refractivity contribution in [3.8, 4) is 0 Å². The van der Waals surface area contributed by atoms with E-state index in [2.05, 4.69) is 27.7 Å². The van der Waals surface area contributed by atoms with Gasteiger partial charge in [0.05, 0.1) is 0 Å². The Morgan fingerprint density at radius 2 is 0.636 bits per heavy atom. The van der Waals surface area contributed by atoms with Gasteiger partial charge in [-0.15, -0.1) is 0 Å². The minimum atomic E-state index is -0.556. The SMILES string of the molecule is [CH2-]C.[CH2-]C.[CH2-]C.[CH2-]C.[Cl][Ti+4][Cl]. The Bertz CT molecular complexity index is 12.1. The number of hydrogen-bond donors (Lipinski definition) is 0. The third kappa shape index (κ3) is 582. The van der Waals surface area contributed by atoms with Crippen molar-refractivity contribution < 1.29 is 17.0 Å². The van der Waals surface area contributed by atoms with Crippen LogP contribution in [-0.4, -0.2) is 0 Å². The molecule has 0 aromatic rings. The van der Waals surface area contributed by atoms with Gasteiger partial charge < -0.3 is 27.7 Å². The molecule has 0 aromatic carbocycles. The van der Waals surface area contributed by atoms with Gasteiger partial charge in [-0.1, -0.05) is 0 Å². The Morgan fingerprint density at radius 3 is 0.636 bits per heavy atom. The second kappa shape index (κ2) is 227. The van der Waals surface area contributed by atoms with Crippen molar-refractivity contribution in [2.24, 2.45) is 0 Å². The molecule has 0 atom stereocenters. The summed E-state index contributed by atoms with van der Waals surface area (Å²) in [7, 11) is 9.78. The Morgan fingerprint density at radius 1 is 0.636 bits per heavy atom. The van der Waals surface area contributed by atoms with Gasteiger partial charge in [0, 0.05) is 0 Å². The van der Waals surface area contributed by atoms with Crippen LogP contribution in [0.1, 0.15) is 27.7 Å². The molecule has 0 aliphatic heterocycles. The fourth-order valence-corrected chi connectivity index (χ4v) is 0. The van der Waals surface area contributed by atoms with Crippen molar-refractivity contribution >= 4 is 18.6 Å². The van der Waals surface area contributed by atoms with Gasteiger partial charge in [-0.05, 0) is 0 Å². The van der Waals surface area contributed by atoms with Crippen LogP contribution >= 0.6 is 18.6 Å². The van der Waals surface area contributed by atoms with E-state index >= 15 is 0 Å². The quantitative estimate of drug-likeness (QED) is 0.420. The average molecular weight is 235 g/mol. The molecule has 0 nitrogen and oxygen atoms in total. The first-order chi connectivity index (χ1) is 5.41. The molecule has 0 bridgehead atoms. The zero-order chi connectivity index (χ0) is 10.7. The Kier molecular flexibility index (Phi) is 609. The molecular weight excluding hydrogens is 215 g/mol. The fourth-order valence-electron chi connectivity index (χ4n) is 0. The van der Waals surface area contributed by atoms with Crippen molar-refractivity contribution in [3.05, 3.63) is 27.7 Å². The number of rotatable bonds is 0. The standard InChI is InChI=1S/4C2H5.2ClH.Ti/c4*1-2;;;/h4*1H2,2H3;2*1H;/q4*-1;;;+6/p-2. The van der Waals surface area contributed by atoms with Crippen LogP contribution in [0.5, 0.6) is 0 Å². The van der Waals surface area contributed by atoms with Crippen molar-refractivity contribution in [1.82, 2.24) is 0 Å². The molecule has 0 aliphatic carbocycles. The molecule has 0 aromatic heterocycles. The molecule has 0 heterocycles. The van der Waals surface area contributed by atoms with E-state index in [1.807, 2.05) is 0 Å². The first-order valence-electron chi connectivity index (χ1n) is 3.21. The molecule has 11 heavy (non-hydrogen) atoms. The summed E-state index contributed by atoms with van der Waals surface area (Å²) >= 11 is -0.556. The third-order valence-corrected chi connectivity index (χ3v) is 0. The summed E-state index contributed by atoms with van der Waals surface area (Å²) in [5.41, 5.74) is 0. The van der Waals surface area contributed by atoms with Crippen LogP contribution in [0.3, 0.4) is 0 Å². The summed E-state index contributed by atoms with van der Waals surface area (Å²) in [6.07, 6.45) is 0. The van der Waals surface area contributed by atoms with Gasteiger partial charge in [-0.25, -0.2) is 0 Å². The van der Waals surface area contributed by atoms with Gasteiger partial charge in [-0.3, -0.25) is 0 Å². The van der Waals surface area contributed by atoms with E-state index in [1.54, 1.807) is 27.7 Å². The first kappa shape index (κ1) is 29.5. The summed E-state index contributed by atoms with van der Waals surface area (Å²) in [6.45, 7) is 20.0. The summed E-state index contributed by atoms with van der Waals surface area (Å²) < 4.78 is 0. The Labute approximate surface area is 90.7 Å². The molecule has 0 spiro atoms. The zero-order valence-corrected chi connectivity index (χ0v) is 11.2. The van der Waals surface area contributed by atoms with Crippen molar-refractivity contribution in [3.63, 3.8) is 0 Å². The van der Waals surface area contributed by atoms with Crippen molar-refractivity contribution in [1.29, 1.82) is 0 Å². The van der Waals surface area contributed by atoms with Gasteiger partial charge >= 0.3 is 35.6 Å². The molecule has 0 amide bonds. The molecule has 0 unspecified atom stereocenters. The molecule has 0 saturated heterocycles. The number of hydrogen-bond acceptors (Lipinski definition) is 0. The minimum absolute atomic E-state index is 0.556. The molecule has 0 saturated carbocycles. The molecule has 3 heteroatoms. The van der Waals surface area contributed by atoms with Crippen LogP contribution in [0.25, 0.3) is 0 Å². The van der Waals surface area contributed by atoms with Crippen LogP contribution in [0.15, 0.2) is 0 Å². The molecular formula is C8H20Cl2Ti. The molecule has 0 rings (SSSR count). The molecule has 0 fully saturated rings. The van der Waals surface area contributed by atoms with Gasteiger partial charge in [0.15, 0.2) is 0 Å². The van der Waals surface area contributed by atoms with E-state index in [0.717, 1.165) is 0 Å². The van der Waals surface area contributed by atoms with Crippen LogP contribution in [0.4, 0.5) is 0 Å². The normalized spacial score (nSPS) is 4.18. The monoisotopic (exact) mass is 234 g/mol. The van der Waals surface area contributed by atoms with E-state index in [0.29, 0.717) is 0 Å². The maximum atomic E-state index is 4.89. The van der Waals surface area contributed by atoms with Gasteiger partial charge in [0.2, 0.25) is 0 Å². The third-order valence-electron chi connectivity index (χ3n) is 0. The topological polar surface area (TPSA) is 0 Å². The van der Waals surface area contributed by atoms with E-state index in [1.165, 1.54) is 0 Å². The second-order valence-electron chi connectivity index (χ2n) is 0.0714. The van der Waals surface area contributed by atoms with E-state index in [4.69, 9.17) is 18.6 Å². The van der Waals surface area contributed by atoms with Crippen LogP contribution < -0.4 is 0 Å². The molecule has 0 radical (unpaired) electrons. The van der Waals surface area contributed by atoms with Crippen LogP contribution in [0.2, 0.25) is 0 Å². The summed E-state index contributed by atoms with van der Waals surface area (Å²) in [6, 6.07) is 0. The summed E-state index contributed by atoms with van der Waals surface area (Å²) in [5, 5.41) is 0. The van der Waals surface area contributed by atoms with Gasteiger partial charge in [-0.2, -0.15) is 27.7 Å². The predicted octanol–water partition coefficient (Wildman–Crippen LogP) is 4.74. The summed E-state index contributed by atoms with van der Waals surface area (Å²) in [5.74, 6) is 0. The van der Waals surface area contributed by atoms with Crippen LogP contribution in [0, 0.1) is 27.7 Å². The Hall–Kier alpha value is 1.29. The average Bonchev–Trinajstić information content (AvgIpc) is 2.18. The fraction of sp³-hybridized carbons (Fsp3) is 0.500. The van der Waals surface area contributed by atoms with E-state index in [9.17, 15) is 0 Å². The number of halogens is 2. The van der Waals surface area contributed by atoms with E-state index in [-0.39, 0.29) is 0 Å². The molecule has 70 valence electrons. The summed E-state index contributed by atoms with van der Waals surface area (Å²) in [4.78, 5) is 0. The van der Waals surface area contributed by atoms with Crippen molar-refractivity contribution in [2.45, 2.75) is 27.7 Å². The predicted molar refractivity (Wildman–Crippen MR) is 55.8 cm³/mol. The first-order valence-corrected chi connectivity index (χ1v) is 7.50. The van der Waals surface area contributed by atoms with Gasteiger partial charge in [0.1, 0.15) is 0 Å². The van der Waals surface area contributed by atoms with Gasteiger partial charge in [0.25, 0.3) is 0 Å².